The summed E-state index contributed by atoms with van der Waals surface area (Å²) >= 11 is 7.30. The number of carbonyl (C=O) groups excluding carboxylic acids is 1. The highest BCUT2D eigenvalue weighted by atomic mass is 35.5. The molecule has 1 amide bonds. The topological polar surface area (TPSA) is 63.0 Å². The molecule has 1 atom stereocenters. The van der Waals surface area contributed by atoms with Gasteiger partial charge in [-0.25, -0.2) is 0 Å². The molecule has 1 heterocycles. The summed E-state index contributed by atoms with van der Waals surface area (Å²) < 4.78 is 5.93. The number of benzene rings is 3. The third kappa shape index (κ3) is 5.96. The van der Waals surface area contributed by atoms with Gasteiger partial charge in [-0.1, -0.05) is 78.0 Å². The van der Waals surface area contributed by atoms with Crippen molar-refractivity contribution < 1.29 is 9.53 Å². The Morgan fingerprint density at radius 1 is 0.968 bits per heavy atom. The molecule has 0 aromatic heterocycles. The largest absolute Gasteiger partial charge is 0.488 e. The van der Waals surface area contributed by atoms with Crippen LogP contribution in [0, 0.1) is 0 Å². The second kappa shape index (κ2) is 10.3. The molecule has 156 valence electrons. The van der Waals surface area contributed by atoms with Crippen LogP contribution in [0.4, 0.5) is 0 Å². The highest BCUT2D eigenvalue weighted by Crippen LogP contribution is 2.24. The van der Waals surface area contributed by atoms with Gasteiger partial charge >= 0.3 is 0 Å². The normalized spacial score (nSPS) is 17.3. The Balaban J connectivity index is 1.38. The lowest BCUT2D eigenvalue weighted by Gasteiger charge is -2.08. The number of amidine groups is 1. The second-order valence-electron chi connectivity index (χ2n) is 6.89. The van der Waals surface area contributed by atoms with Crippen molar-refractivity contribution in [2.75, 3.05) is 0 Å². The molecule has 1 aliphatic heterocycles. The Kier molecular flexibility index (Phi) is 7.02. The maximum atomic E-state index is 12.3. The number of carbonyl (C=O) groups is 1. The van der Waals surface area contributed by atoms with Gasteiger partial charge in [0.1, 0.15) is 12.4 Å². The number of nitrogens with one attached hydrogen (secondary N) is 1. The van der Waals surface area contributed by atoms with Gasteiger partial charge < -0.3 is 10.1 Å². The van der Waals surface area contributed by atoms with Crippen molar-refractivity contribution in [3.8, 4) is 5.75 Å². The van der Waals surface area contributed by atoms with Crippen LogP contribution in [0.15, 0.2) is 89.1 Å². The van der Waals surface area contributed by atoms with Gasteiger partial charge in [0.25, 0.3) is 0 Å². The zero-order chi connectivity index (χ0) is 21.5. The summed E-state index contributed by atoms with van der Waals surface area (Å²) in [4.78, 5) is 12.3. The SMILES string of the molecule is O=C1N/C(=N\N=C\c2ccccc2OCc2ccccc2)SC1Cc1ccc(Cl)cc1. The highest BCUT2D eigenvalue weighted by molar-refractivity contribution is 8.15. The minimum Gasteiger partial charge on any atom is -0.488 e. The summed E-state index contributed by atoms with van der Waals surface area (Å²) in [5, 5.41) is 12.0. The van der Waals surface area contributed by atoms with Gasteiger partial charge in [0.15, 0.2) is 5.17 Å². The summed E-state index contributed by atoms with van der Waals surface area (Å²) in [6.45, 7) is 0.471. The predicted octanol–water partition coefficient (Wildman–Crippen LogP) is 5.08. The fraction of sp³-hybridized carbons (Fsp3) is 0.125. The van der Waals surface area contributed by atoms with E-state index in [1.807, 2.05) is 78.9 Å². The van der Waals surface area contributed by atoms with Crippen LogP contribution < -0.4 is 10.1 Å². The molecule has 3 aromatic rings. The Hall–Kier alpha value is -3.09. The first kappa shape index (κ1) is 21.2. The molecule has 1 unspecified atom stereocenters. The molecule has 0 aliphatic carbocycles. The Morgan fingerprint density at radius 3 is 2.52 bits per heavy atom. The number of hydrogen-bond acceptors (Lipinski definition) is 5. The number of para-hydroxylation sites is 1. The summed E-state index contributed by atoms with van der Waals surface area (Å²) in [5.41, 5.74) is 2.95. The molecule has 31 heavy (non-hydrogen) atoms. The van der Waals surface area contributed by atoms with E-state index in [1.54, 1.807) is 6.21 Å². The smallest absolute Gasteiger partial charge is 0.239 e. The summed E-state index contributed by atoms with van der Waals surface area (Å²) in [5.74, 6) is 0.652. The van der Waals surface area contributed by atoms with Crippen molar-refractivity contribution in [1.82, 2.24) is 5.32 Å². The summed E-state index contributed by atoms with van der Waals surface area (Å²) in [7, 11) is 0. The van der Waals surface area contributed by atoms with E-state index >= 15 is 0 Å². The van der Waals surface area contributed by atoms with Gasteiger partial charge in [-0.2, -0.15) is 5.10 Å². The molecule has 1 fully saturated rings. The first-order chi connectivity index (χ1) is 15.2. The predicted molar refractivity (Wildman–Crippen MR) is 127 cm³/mol. The molecule has 7 heteroatoms. The van der Waals surface area contributed by atoms with Gasteiger partial charge in [0.2, 0.25) is 5.91 Å². The van der Waals surface area contributed by atoms with E-state index in [2.05, 4.69) is 15.5 Å². The van der Waals surface area contributed by atoms with E-state index in [9.17, 15) is 4.79 Å². The number of amides is 1. The van der Waals surface area contributed by atoms with Crippen LogP contribution in [0.3, 0.4) is 0 Å². The van der Waals surface area contributed by atoms with Crippen molar-refractivity contribution in [2.45, 2.75) is 18.3 Å². The molecular formula is C24H20ClN3O2S. The third-order valence-electron chi connectivity index (χ3n) is 4.61. The second-order valence-corrected chi connectivity index (χ2v) is 8.52. The molecule has 3 aromatic carbocycles. The lowest BCUT2D eigenvalue weighted by molar-refractivity contribution is -0.118. The maximum absolute atomic E-state index is 12.3. The number of thioether (sulfide) groups is 1. The van der Waals surface area contributed by atoms with Gasteiger partial charge in [0.05, 0.1) is 11.5 Å². The van der Waals surface area contributed by atoms with Crippen LogP contribution in [-0.4, -0.2) is 22.5 Å². The minimum absolute atomic E-state index is 0.0690. The molecule has 5 nitrogen and oxygen atoms in total. The average Bonchev–Trinajstić information content (AvgIpc) is 3.14. The molecule has 0 radical (unpaired) electrons. The monoisotopic (exact) mass is 449 g/mol. The maximum Gasteiger partial charge on any atom is 0.239 e. The van der Waals surface area contributed by atoms with Crippen LogP contribution in [0.25, 0.3) is 0 Å². The number of halogens is 1. The molecular weight excluding hydrogens is 430 g/mol. The summed E-state index contributed by atoms with van der Waals surface area (Å²) in [6, 6.07) is 25.1. The van der Waals surface area contributed by atoms with Crippen LogP contribution in [0.5, 0.6) is 5.75 Å². The Labute approximate surface area is 190 Å². The number of ether oxygens (including phenoxy) is 1. The van der Waals surface area contributed by atoms with Crippen molar-refractivity contribution in [3.63, 3.8) is 0 Å². The van der Waals surface area contributed by atoms with Crippen LogP contribution in [0.2, 0.25) is 5.02 Å². The highest BCUT2D eigenvalue weighted by Gasteiger charge is 2.30. The van der Waals surface area contributed by atoms with Gasteiger partial charge in [-0.05, 0) is 41.8 Å². The van der Waals surface area contributed by atoms with E-state index in [-0.39, 0.29) is 11.2 Å². The van der Waals surface area contributed by atoms with E-state index in [0.29, 0.717) is 23.2 Å². The lowest BCUT2D eigenvalue weighted by atomic mass is 10.1. The van der Waals surface area contributed by atoms with E-state index < -0.39 is 0 Å². The number of nitrogens with zero attached hydrogens (tertiary/aromatic N) is 2. The molecule has 0 saturated carbocycles. The molecule has 1 aliphatic rings. The van der Waals surface area contributed by atoms with Gasteiger partial charge in [-0.15, -0.1) is 5.10 Å². The number of hydrogen-bond donors (Lipinski definition) is 1. The zero-order valence-electron chi connectivity index (χ0n) is 16.6. The van der Waals surface area contributed by atoms with Crippen LogP contribution in [-0.2, 0) is 17.8 Å². The van der Waals surface area contributed by atoms with Crippen molar-refractivity contribution >= 4 is 40.7 Å². The van der Waals surface area contributed by atoms with Gasteiger partial charge in [-0.3, -0.25) is 4.79 Å². The molecule has 0 bridgehead atoms. The molecule has 1 N–H and O–H groups in total. The summed E-state index contributed by atoms with van der Waals surface area (Å²) in [6.07, 6.45) is 2.24. The quantitative estimate of drug-likeness (QED) is 0.404. The minimum atomic E-state index is -0.239. The number of rotatable bonds is 7. The lowest BCUT2D eigenvalue weighted by Crippen LogP contribution is -2.25. The fourth-order valence-electron chi connectivity index (χ4n) is 3.02. The Bertz CT molecular complexity index is 1100. The standard InChI is InChI=1S/C24H20ClN3O2S/c25-20-12-10-17(11-13-20)14-22-23(29)27-24(31-22)28-26-15-19-8-4-5-9-21(19)30-16-18-6-2-1-3-7-18/h1-13,15,22H,14,16H2,(H,27,28,29)/b26-15+. The first-order valence-corrected chi connectivity index (χ1v) is 11.0. The molecule has 1 saturated heterocycles. The average molecular weight is 450 g/mol. The van der Waals surface area contributed by atoms with E-state index in [0.717, 1.165) is 22.4 Å². The molecule has 4 rings (SSSR count). The Morgan fingerprint density at radius 2 is 1.71 bits per heavy atom. The first-order valence-electron chi connectivity index (χ1n) is 9.76. The zero-order valence-corrected chi connectivity index (χ0v) is 18.1. The van der Waals surface area contributed by atoms with E-state index in [4.69, 9.17) is 16.3 Å². The van der Waals surface area contributed by atoms with Crippen molar-refractivity contribution in [2.24, 2.45) is 10.2 Å². The van der Waals surface area contributed by atoms with Gasteiger partial charge in [0, 0.05) is 10.6 Å². The third-order valence-corrected chi connectivity index (χ3v) is 5.94. The fourth-order valence-corrected chi connectivity index (χ4v) is 4.11. The van der Waals surface area contributed by atoms with Crippen LogP contribution in [0.1, 0.15) is 16.7 Å². The van der Waals surface area contributed by atoms with Crippen molar-refractivity contribution in [3.05, 3.63) is 101 Å². The molecule has 0 spiro atoms. The van der Waals surface area contributed by atoms with Crippen molar-refractivity contribution in [1.29, 1.82) is 0 Å². The van der Waals surface area contributed by atoms with E-state index in [1.165, 1.54) is 11.8 Å². The van der Waals surface area contributed by atoms with Crippen LogP contribution >= 0.6 is 23.4 Å².